The van der Waals surface area contributed by atoms with Crippen molar-refractivity contribution in [1.82, 2.24) is 9.78 Å². The molecule has 1 aromatic carbocycles. The summed E-state index contributed by atoms with van der Waals surface area (Å²) < 4.78 is 1.82. The Morgan fingerprint density at radius 3 is 2.24 bits per heavy atom. The van der Waals surface area contributed by atoms with Crippen LogP contribution in [0.5, 0.6) is 0 Å². The molecular weight excluding hydrogens is 362 g/mol. The summed E-state index contributed by atoms with van der Waals surface area (Å²) in [6.07, 6.45) is 0. The standard InChI is InChI=1S/C23H35N5O/c1-16(2)21-9-7-20(8-10-21)15-27-11-13-28(14-12-27)19(5)23(29)24-22-17(3)25-26(6)18(22)4/h7-10,16,19H,11-15H2,1-6H3,(H,24,29)/p+2/t19-/m1/s1. The fraction of sp³-hybridized carbons (Fsp3) is 0.565. The number of aryl methyl sites for hydroxylation is 2. The molecule has 6 nitrogen and oxygen atoms in total. The fourth-order valence-electron chi connectivity index (χ4n) is 4.21. The highest BCUT2D eigenvalue weighted by Crippen LogP contribution is 2.18. The maximum atomic E-state index is 12.8. The smallest absolute Gasteiger partial charge is 0.282 e. The second-order valence-corrected chi connectivity index (χ2v) is 8.86. The van der Waals surface area contributed by atoms with E-state index in [4.69, 9.17) is 0 Å². The largest absolute Gasteiger partial charge is 0.322 e. The zero-order chi connectivity index (χ0) is 21.1. The Morgan fingerprint density at radius 1 is 1.10 bits per heavy atom. The van der Waals surface area contributed by atoms with E-state index in [-0.39, 0.29) is 11.9 Å². The molecule has 2 heterocycles. The molecule has 158 valence electrons. The van der Waals surface area contributed by atoms with Crippen LogP contribution in [0.25, 0.3) is 0 Å². The quantitative estimate of drug-likeness (QED) is 0.662. The van der Waals surface area contributed by atoms with Crippen LogP contribution in [0.1, 0.15) is 49.2 Å². The zero-order valence-corrected chi connectivity index (χ0v) is 18.8. The number of piperazine rings is 1. The second-order valence-electron chi connectivity index (χ2n) is 8.86. The predicted molar refractivity (Wildman–Crippen MR) is 116 cm³/mol. The lowest BCUT2D eigenvalue weighted by Crippen LogP contribution is -3.29. The van der Waals surface area contributed by atoms with E-state index in [1.54, 1.807) is 4.90 Å². The SMILES string of the molecule is Cc1nn(C)c(C)c1NC(=O)[C@@H](C)[NH+]1CC[NH+](Cc2ccc(C(C)C)cc2)CC1. The molecule has 6 heteroatoms. The third kappa shape index (κ3) is 5.06. The monoisotopic (exact) mass is 399 g/mol. The van der Waals surface area contributed by atoms with Gasteiger partial charge in [-0.25, -0.2) is 0 Å². The van der Waals surface area contributed by atoms with Crippen LogP contribution in [-0.4, -0.2) is 47.9 Å². The molecule has 1 aliphatic heterocycles. The van der Waals surface area contributed by atoms with E-state index in [0.29, 0.717) is 5.92 Å². The first-order valence-electron chi connectivity index (χ1n) is 10.8. The first-order chi connectivity index (χ1) is 13.8. The van der Waals surface area contributed by atoms with E-state index >= 15 is 0 Å². The van der Waals surface area contributed by atoms with Gasteiger partial charge in [-0.2, -0.15) is 5.10 Å². The number of aromatic nitrogens is 2. The molecule has 1 atom stereocenters. The summed E-state index contributed by atoms with van der Waals surface area (Å²) >= 11 is 0. The minimum Gasteiger partial charge on any atom is -0.322 e. The lowest BCUT2D eigenvalue weighted by Gasteiger charge is -2.32. The lowest BCUT2D eigenvalue weighted by molar-refractivity contribution is -1.02. The van der Waals surface area contributed by atoms with Gasteiger partial charge in [-0.05, 0) is 32.3 Å². The Morgan fingerprint density at radius 2 is 1.72 bits per heavy atom. The molecule has 0 aliphatic carbocycles. The van der Waals surface area contributed by atoms with Crippen LogP contribution in [0.3, 0.4) is 0 Å². The van der Waals surface area contributed by atoms with Gasteiger partial charge in [0.25, 0.3) is 5.91 Å². The van der Waals surface area contributed by atoms with Gasteiger partial charge in [0.05, 0.1) is 17.1 Å². The Kier molecular flexibility index (Phi) is 6.75. The van der Waals surface area contributed by atoms with Gasteiger partial charge in [-0.3, -0.25) is 9.48 Å². The molecule has 1 amide bonds. The number of rotatable bonds is 6. The average molecular weight is 400 g/mol. The second kappa shape index (κ2) is 9.09. The molecule has 1 aromatic heterocycles. The van der Waals surface area contributed by atoms with E-state index in [0.717, 1.165) is 49.8 Å². The number of nitrogens with one attached hydrogen (secondary N) is 3. The van der Waals surface area contributed by atoms with Gasteiger partial charge in [0.2, 0.25) is 0 Å². The Bertz CT molecular complexity index is 832. The van der Waals surface area contributed by atoms with Crippen LogP contribution >= 0.6 is 0 Å². The summed E-state index contributed by atoms with van der Waals surface area (Å²) in [7, 11) is 1.91. The maximum Gasteiger partial charge on any atom is 0.282 e. The number of carbonyl (C=O) groups excluding carboxylic acids is 1. The summed E-state index contributed by atoms with van der Waals surface area (Å²) in [4.78, 5) is 15.8. The van der Waals surface area contributed by atoms with Gasteiger partial charge >= 0.3 is 0 Å². The summed E-state index contributed by atoms with van der Waals surface area (Å²) in [5, 5.41) is 7.50. The van der Waals surface area contributed by atoms with Crippen LogP contribution in [0.15, 0.2) is 24.3 Å². The van der Waals surface area contributed by atoms with Crippen LogP contribution in [-0.2, 0) is 18.4 Å². The number of benzene rings is 1. The minimum absolute atomic E-state index is 0.0547. The molecule has 3 N–H and O–H groups in total. The van der Waals surface area contributed by atoms with Crippen molar-refractivity contribution in [3.8, 4) is 0 Å². The summed E-state index contributed by atoms with van der Waals surface area (Å²) in [6, 6.07) is 9.01. The maximum absolute atomic E-state index is 12.8. The van der Waals surface area contributed by atoms with Gasteiger partial charge in [0.15, 0.2) is 6.04 Å². The van der Waals surface area contributed by atoms with E-state index in [9.17, 15) is 4.79 Å². The van der Waals surface area contributed by atoms with Crippen molar-refractivity contribution in [1.29, 1.82) is 0 Å². The van der Waals surface area contributed by atoms with E-state index in [1.165, 1.54) is 16.0 Å². The normalized spacial score (nSPS) is 20.7. The van der Waals surface area contributed by atoms with Crippen molar-refractivity contribution in [3.63, 3.8) is 0 Å². The number of hydrogen-bond acceptors (Lipinski definition) is 2. The van der Waals surface area contributed by atoms with E-state index in [2.05, 4.69) is 48.5 Å². The molecule has 29 heavy (non-hydrogen) atoms. The third-order valence-corrected chi connectivity index (χ3v) is 6.46. The van der Waals surface area contributed by atoms with Crippen LogP contribution in [0.4, 0.5) is 5.69 Å². The van der Waals surface area contributed by atoms with Crippen LogP contribution < -0.4 is 15.1 Å². The van der Waals surface area contributed by atoms with Crippen molar-refractivity contribution in [2.24, 2.45) is 7.05 Å². The van der Waals surface area contributed by atoms with Crippen molar-refractivity contribution in [2.75, 3.05) is 31.5 Å². The molecule has 1 fully saturated rings. The number of quaternary nitrogens is 2. The first-order valence-corrected chi connectivity index (χ1v) is 10.8. The summed E-state index contributed by atoms with van der Waals surface area (Å²) in [5.41, 5.74) is 5.53. The number of hydrogen-bond donors (Lipinski definition) is 3. The lowest BCUT2D eigenvalue weighted by atomic mass is 10.0. The highest BCUT2D eigenvalue weighted by Gasteiger charge is 2.31. The number of amides is 1. The molecule has 1 saturated heterocycles. The molecule has 3 rings (SSSR count). The molecular formula is C23H37N5O+2. The molecule has 0 unspecified atom stereocenters. The Balaban J connectivity index is 1.51. The van der Waals surface area contributed by atoms with E-state index < -0.39 is 0 Å². The zero-order valence-electron chi connectivity index (χ0n) is 18.8. The predicted octanol–water partition coefficient (Wildman–Crippen LogP) is 0.471. The molecule has 0 bridgehead atoms. The van der Waals surface area contributed by atoms with Crippen molar-refractivity contribution in [3.05, 3.63) is 46.8 Å². The Hall–Kier alpha value is -2.18. The fourth-order valence-corrected chi connectivity index (χ4v) is 4.21. The topological polar surface area (TPSA) is 55.8 Å². The highest BCUT2D eigenvalue weighted by atomic mass is 16.2. The van der Waals surface area contributed by atoms with Gasteiger partial charge in [-0.15, -0.1) is 0 Å². The summed E-state index contributed by atoms with van der Waals surface area (Å²) in [6.45, 7) is 15.8. The molecule has 2 aromatic rings. The Labute approximate surface area is 174 Å². The van der Waals surface area contributed by atoms with Gasteiger partial charge in [0.1, 0.15) is 32.7 Å². The van der Waals surface area contributed by atoms with Gasteiger partial charge < -0.3 is 15.1 Å². The molecule has 1 aliphatic rings. The van der Waals surface area contributed by atoms with Crippen LogP contribution in [0, 0.1) is 13.8 Å². The van der Waals surface area contributed by atoms with Gasteiger partial charge in [0, 0.05) is 12.6 Å². The highest BCUT2D eigenvalue weighted by molar-refractivity contribution is 5.94. The van der Waals surface area contributed by atoms with Crippen LogP contribution in [0.2, 0.25) is 0 Å². The average Bonchev–Trinajstić information content (AvgIpc) is 2.94. The van der Waals surface area contributed by atoms with Crippen molar-refractivity contribution in [2.45, 2.75) is 53.1 Å². The van der Waals surface area contributed by atoms with Crippen molar-refractivity contribution < 1.29 is 14.6 Å². The van der Waals surface area contributed by atoms with Crippen molar-refractivity contribution >= 4 is 11.6 Å². The minimum atomic E-state index is -0.0547. The van der Waals surface area contributed by atoms with Gasteiger partial charge in [-0.1, -0.05) is 38.1 Å². The molecule has 0 spiro atoms. The number of anilines is 1. The summed E-state index contributed by atoms with van der Waals surface area (Å²) in [5.74, 6) is 0.669. The van der Waals surface area contributed by atoms with E-state index in [1.807, 2.05) is 32.5 Å². The first kappa shape index (κ1) is 21.5. The number of carbonyl (C=O) groups is 1. The molecule has 0 saturated carbocycles. The molecule has 0 radical (unpaired) electrons. The number of nitrogens with zero attached hydrogens (tertiary/aromatic N) is 2. The third-order valence-electron chi connectivity index (χ3n) is 6.46.